The van der Waals surface area contributed by atoms with Crippen molar-refractivity contribution in [2.45, 2.75) is 6.42 Å². The number of ether oxygens (including phenoxy) is 1. The summed E-state index contributed by atoms with van der Waals surface area (Å²) in [7, 11) is -1.46. The Morgan fingerprint density at radius 2 is 1.96 bits per heavy atom. The molecule has 2 rings (SSSR count). The third-order valence-electron chi connectivity index (χ3n) is 3.11. The molecule has 1 aromatic carbocycles. The molecule has 6 nitrogen and oxygen atoms in total. The van der Waals surface area contributed by atoms with Crippen LogP contribution in [0.2, 0.25) is 0 Å². The molecular weight excluding hydrogens is 334 g/mol. The minimum atomic E-state index is -3.13. The van der Waals surface area contributed by atoms with Crippen molar-refractivity contribution in [3.63, 3.8) is 0 Å². The van der Waals surface area contributed by atoms with Crippen LogP contribution >= 0.6 is 11.3 Å². The molecule has 0 saturated heterocycles. The minimum Gasteiger partial charge on any atom is -0.383 e. The van der Waals surface area contributed by atoms with Crippen LogP contribution in [0, 0.1) is 0 Å². The first-order valence-electron chi connectivity index (χ1n) is 7.20. The lowest BCUT2D eigenvalue weighted by Crippen LogP contribution is -2.24. The molecule has 126 valence electrons. The number of sulfonamides is 1. The van der Waals surface area contributed by atoms with Crippen molar-refractivity contribution in [2.24, 2.45) is 0 Å². The summed E-state index contributed by atoms with van der Waals surface area (Å²) in [6.07, 6.45) is 1.82. The Hall–Kier alpha value is -1.48. The maximum absolute atomic E-state index is 11.0. The summed E-state index contributed by atoms with van der Waals surface area (Å²) < 4.78 is 29.5. The summed E-state index contributed by atoms with van der Waals surface area (Å²) in [5.41, 5.74) is 3.05. The second kappa shape index (κ2) is 8.39. The van der Waals surface area contributed by atoms with E-state index in [4.69, 9.17) is 4.74 Å². The summed E-state index contributed by atoms with van der Waals surface area (Å²) in [6.45, 7) is 1.78. The van der Waals surface area contributed by atoms with Gasteiger partial charge >= 0.3 is 0 Å². The minimum absolute atomic E-state index is 0.405. The van der Waals surface area contributed by atoms with Gasteiger partial charge in [0.2, 0.25) is 10.0 Å². The number of benzene rings is 1. The van der Waals surface area contributed by atoms with Crippen LogP contribution in [0.5, 0.6) is 0 Å². The van der Waals surface area contributed by atoms with Gasteiger partial charge in [-0.25, -0.2) is 18.1 Å². The Labute approximate surface area is 141 Å². The Morgan fingerprint density at radius 3 is 2.61 bits per heavy atom. The molecule has 2 aromatic rings. The van der Waals surface area contributed by atoms with Crippen molar-refractivity contribution in [3.05, 3.63) is 35.2 Å². The molecule has 0 spiro atoms. The van der Waals surface area contributed by atoms with E-state index in [9.17, 15) is 8.42 Å². The number of thiazole rings is 1. The largest absolute Gasteiger partial charge is 0.383 e. The van der Waals surface area contributed by atoms with E-state index in [2.05, 4.69) is 15.0 Å². The smallest absolute Gasteiger partial charge is 0.208 e. The lowest BCUT2D eigenvalue weighted by molar-refractivity contribution is 0.211. The Morgan fingerprint density at radius 1 is 1.22 bits per heavy atom. The SMILES string of the molecule is COCCNc1nc(-c2ccc(CCNS(C)(=O)=O)cc2)cs1. The molecule has 23 heavy (non-hydrogen) atoms. The fourth-order valence-electron chi connectivity index (χ4n) is 1.97. The van der Waals surface area contributed by atoms with Crippen LogP contribution in [0.3, 0.4) is 0 Å². The molecule has 0 fully saturated rings. The zero-order chi connectivity index (χ0) is 16.7. The van der Waals surface area contributed by atoms with Gasteiger partial charge in [-0.05, 0) is 12.0 Å². The first-order chi connectivity index (χ1) is 11.0. The molecule has 0 bridgehead atoms. The summed E-state index contributed by atoms with van der Waals surface area (Å²) in [6, 6.07) is 8.00. The van der Waals surface area contributed by atoms with E-state index in [1.54, 1.807) is 18.4 Å². The molecule has 0 amide bonds. The molecule has 0 unspecified atom stereocenters. The zero-order valence-corrected chi connectivity index (χ0v) is 14.8. The van der Waals surface area contributed by atoms with Crippen molar-refractivity contribution in [2.75, 3.05) is 38.4 Å². The highest BCUT2D eigenvalue weighted by molar-refractivity contribution is 7.88. The predicted octanol–water partition coefficient (Wildman–Crippen LogP) is 1.96. The number of nitrogens with zero attached hydrogens (tertiary/aromatic N) is 1. The number of anilines is 1. The van der Waals surface area contributed by atoms with Gasteiger partial charge in [0.1, 0.15) is 0 Å². The van der Waals surface area contributed by atoms with Crippen molar-refractivity contribution in [1.29, 1.82) is 0 Å². The topological polar surface area (TPSA) is 80.3 Å². The van der Waals surface area contributed by atoms with Gasteiger partial charge in [-0.15, -0.1) is 11.3 Å². The van der Waals surface area contributed by atoms with Gasteiger partial charge in [0.15, 0.2) is 5.13 Å². The third kappa shape index (κ3) is 6.26. The highest BCUT2D eigenvalue weighted by Crippen LogP contribution is 2.25. The van der Waals surface area contributed by atoms with E-state index in [1.807, 2.05) is 29.6 Å². The van der Waals surface area contributed by atoms with Crippen LogP contribution in [0.15, 0.2) is 29.6 Å². The number of rotatable bonds is 9. The molecule has 2 N–H and O–H groups in total. The van der Waals surface area contributed by atoms with Crippen molar-refractivity contribution in [1.82, 2.24) is 9.71 Å². The number of nitrogens with one attached hydrogen (secondary N) is 2. The van der Waals surface area contributed by atoms with Crippen LogP contribution in [-0.2, 0) is 21.2 Å². The van der Waals surface area contributed by atoms with E-state index >= 15 is 0 Å². The predicted molar refractivity (Wildman–Crippen MR) is 94.5 cm³/mol. The maximum atomic E-state index is 11.0. The van der Waals surface area contributed by atoms with Crippen molar-refractivity contribution < 1.29 is 13.2 Å². The van der Waals surface area contributed by atoms with Crippen molar-refractivity contribution in [3.8, 4) is 11.3 Å². The first-order valence-corrected chi connectivity index (χ1v) is 9.97. The molecule has 0 saturated carbocycles. The molecule has 0 aliphatic carbocycles. The molecular formula is C15H21N3O3S2. The first kappa shape index (κ1) is 17.9. The number of hydrogen-bond acceptors (Lipinski definition) is 6. The summed E-state index contributed by atoms with van der Waals surface area (Å²) in [5, 5.41) is 6.09. The lowest BCUT2D eigenvalue weighted by Gasteiger charge is -2.04. The van der Waals surface area contributed by atoms with Crippen molar-refractivity contribution >= 4 is 26.5 Å². The van der Waals surface area contributed by atoms with Gasteiger partial charge in [-0.2, -0.15) is 0 Å². The second-order valence-electron chi connectivity index (χ2n) is 5.07. The van der Waals surface area contributed by atoms with Crippen LogP contribution < -0.4 is 10.0 Å². The van der Waals surface area contributed by atoms with E-state index in [1.165, 1.54) is 0 Å². The molecule has 0 radical (unpaired) electrons. The van der Waals surface area contributed by atoms with E-state index in [0.717, 1.165) is 34.8 Å². The quantitative estimate of drug-likeness (QED) is 0.672. The van der Waals surface area contributed by atoms with Crippen LogP contribution in [0.1, 0.15) is 5.56 Å². The lowest BCUT2D eigenvalue weighted by atomic mass is 10.1. The molecule has 0 aliphatic heterocycles. The summed E-state index contributed by atoms with van der Waals surface area (Å²) in [5.74, 6) is 0. The number of aromatic nitrogens is 1. The highest BCUT2D eigenvalue weighted by atomic mass is 32.2. The van der Waals surface area contributed by atoms with Gasteiger partial charge in [0.25, 0.3) is 0 Å². The normalized spacial score (nSPS) is 11.6. The fraction of sp³-hybridized carbons (Fsp3) is 0.400. The van der Waals surface area contributed by atoms with Crippen LogP contribution in [-0.4, -0.2) is 46.5 Å². The molecule has 8 heteroatoms. The Balaban J connectivity index is 1.91. The Bertz CT molecular complexity index is 712. The van der Waals surface area contributed by atoms with E-state index < -0.39 is 10.0 Å². The standard InChI is InChI=1S/C15H21N3O3S2/c1-21-10-9-16-15-18-14(11-22-15)13-5-3-12(4-6-13)7-8-17-23(2,19)20/h3-6,11,17H,7-10H2,1-2H3,(H,16,18). The fourth-order valence-corrected chi connectivity index (χ4v) is 3.19. The molecule has 0 aliphatic rings. The highest BCUT2D eigenvalue weighted by Gasteiger charge is 2.05. The van der Waals surface area contributed by atoms with Gasteiger partial charge in [0.05, 0.1) is 18.6 Å². The molecule has 1 heterocycles. The third-order valence-corrected chi connectivity index (χ3v) is 4.64. The average molecular weight is 355 g/mol. The van der Waals surface area contributed by atoms with Crippen LogP contribution in [0.4, 0.5) is 5.13 Å². The van der Waals surface area contributed by atoms with E-state index in [-0.39, 0.29) is 0 Å². The maximum Gasteiger partial charge on any atom is 0.208 e. The Kier molecular flexibility index (Phi) is 6.52. The number of methoxy groups -OCH3 is 1. The summed E-state index contributed by atoms with van der Waals surface area (Å²) in [4.78, 5) is 4.54. The summed E-state index contributed by atoms with van der Waals surface area (Å²) >= 11 is 1.56. The average Bonchev–Trinajstić information content (AvgIpc) is 2.96. The second-order valence-corrected chi connectivity index (χ2v) is 7.76. The van der Waals surface area contributed by atoms with Gasteiger partial charge < -0.3 is 10.1 Å². The van der Waals surface area contributed by atoms with Gasteiger partial charge in [0, 0.05) is 31.1 Å². The number of hydrogen-bond donors (Lipinski definition) is 2. The van der Waals surface area contributed by atoms with E-state index in [0.29, 0.717) is 19.6 Å². The molecule has 0 atom stereocenters. The monoisotopic (exact) mass is 355 g/mol. The zero-order valence-electron chi connectivity index (χ0n) is 13.2. The van der Waals surface area contributed by atoms with Gasteiger partial charge in [-0.1, -0.05) is 24.3 Å². The molecule has 1 aromatic heterocycles. The van der Waals surface area contributed by atoms with Gasteiger partial charge in [-0.3, -0.25) is 0 Å². The van der Waals surface area contributed by atoms with Crippen LogP contribution in [0.25, 0.3) is 11.3 Å².